The van der Waals surface area contributed by atoms with Crippen LogP contribution in [0.5, 0.6) is 0 Å². The van der Waals surface area contributed by atoms with Crippen LogP contribution in [0.25, 0.3) is 0 Å². The Labute approximate surface area is 115 Å². The van der Waals surface area contributed by atoms with Gasteiger partial charge in [0.05, 0.1) is 0 Å². The highest BCUT2D eigenvalue weighted by Gasteiger charge is 2.27. The summed E-state index contributed by atoms with van der Waals surface area (Å²) in [6, 6.07) is 9.25. The van der Waals surface area contributed by atoms with Crippen molar-refractivity contribution in [2.75, 3.05) is 0 Å². The lowest BCUT2D eigenvalue weighted by atomic mass is 9.87. The van der Waals surface area contributed by atoms with Crippen LogP contribution in [0.4, 0.5) is 0 Å². The summed E-state index contributed by atoms with van der Waals surface area (Å²) < 4.78 is 0. The van der Waals surface area contributed by atoms with E-state index in [1.165, 1.54) is 24.0 Å². The predicted molar refractivity (Wildman–Crippen MR) is 76.8 cm³/mol. The Morgan fingerprint density at radius 1 is 1.32 bits per heavy atom. The number of fused-ring (bicyclic) bond motifs is 1. The van der Waals surface area contributed by atoms with E-state index >= 15 is 0 Å². The number of hydrogen-bond acceptors (Lipinski definition) is 1. The average Bonchev–Trinajstić information content (AvgIpc) is 2.38. The molecule has 19 heavy (non-hydrogen) atoms. The van der Waals surface area contributed by atoms with Gasteiger partial charge in [-0.25, -0.2) is 0 Å². The van der Waals surface area contributed by atoms with Crippen LogP contribution >= 0.6 is 0 Å². The van der Waals surface area contributed by atoms with E-state index in [4.69, 9.17) is 0 Å². The molecule has 0 bridgehead atoms. The van der Waals surface area contributed by atoms with E-state index in [1.807, 2.05) is 20.8 Å². The Kier molecular flexibility index (Phi) is 4.59. The molecule has 104 valence electrons. The number of rotatable bonds is 4. The lowest BCUT2D eigenvalue weighted by Crippen LogP contribution is -2.93. The summed E-state index contributed by atoms with van der Waals surface area (Å²) in [6.07, 6.45) is 3.56. The van der Waals surface area contributed by atoms with Crippen LogP contribution < -0.4 is 10.6 Å². The Bertz CT molecular complexity index is 442. The zero-order valence-corrected chi connectivity index (χ0v) is 12.1. The van der Waals surface area contributed by atoms with Gasteiger partial charge in [-0.2, -0.15) is 0 Å². The first-order valence-electron chi connectivity index (χ1n) is 7.31. The summed E-state index contributed by atoms with van der Waals surface area (Å²) >= 11 is 0. The lowest BCUT2D eigenvalue weighted by Gasteiger charge is -2.26. The molecule has 0 spiro atoms. The highest BCUT2D eigenvalue weighted by atomic mass is 16.2. The quantitative estimate of drug-likeness (QED) is 0.848. The van der Waals surface area contributed by atoms with Gasteiger partial charge in [-0.15, -0.1) is 0 Å². The Morgan fingerprint density at radius 3 is 2.79 bits per heavy atom. The molecular weight excluding hydrogens is 236 g/mol. The molecule has 3 heteroatoms. The average molecular weight is 261 g/mol. The molecule has 0 aliphatic heterocycles. The highest BCUT2D eigenvalue weighted by Crippen LogP contribution is 2.26. The number of amides is 1. The van der Waals surface area contributed by atoms with Crippen molar-refractivity contribution < 1.29 is 10.1 Å². The summed E-state index contributed by atoms with van der Waals surface area (Å²) in [7, 11) is 0. The molecule has 1 amide bonds. The monoisotopic (exact) mass is 261 g/mol. The number of hydrogen-bond donors (Lipinski definition) is 2. The molecule has 3 nitrogen and oxygen atoms in total. The topological polar surface area (TPSA) is 45.7 Å². The van der Waals surface area contributed by atoms with Crippen molar-refractivity contribution in [1.29, 1.82) is 0 Å². The van der Waals surface area contributed by atoms with Crippen molar-refractivity contribution in [1.82, 2.24) is 5.32 Å². The number of quaternary nitrogens is 1. The zero-order valence-electron chi connectivity index (χ0n) is 12.1. The summed E-state index contributed by atoms with van der Waals surface area (Å²) in [5.41, 5.74) is 2.87. The van der Waals surface area contributed by atoms with Crippen molar-refractivity contribution in [3.63, 3.8) is 0 Å². The van der Waals surface area contributed by atoms with E-state index in [1.54, 1.807) is 0 Å². The molecule has 1 aromatic carbocycles. The largest absolute Gasteiger partial charge is 0.349 e. The fourth-order valence-electron chi connectivity index (χ4n) is 2.84. The molecule has 1 aliphatic rings. The van der Waals surface area contributed by atoms with Crippen molar-refractivity contribution in [3.05, 3.63) is 35.4 Å². The van der Waals surface area contributed by atoms with Gasteiger partial charge in [0.15, 0.2) is 6.04 Å². The minimum Gasteiger partial charge on any atom is -0.349 e. The maximum atomic E-state index is 12.0. The number of benzene rings is 1. The molecule has 2 rings (SSSR count). The second-order valence-corrected chi connectivity index (χ2v) is 5.84. The van der Waals surface area contributed by atoms with Gasteiger partial charge in [0.25, 0.3) is 5.91 Å². The third-order valence-electron chi connectivity index (χ3n) is 3.78. The summed E-state index contributed by atoms with van der Waals surface area (Å²) in [6.45, 7) is 6.00. The van der Waals surface area contributed by atoms with Crippen LogP contribution in [0.1, 0.15) is 50.8 Å². The molecule has 0 radical (unpaired) electrons. The number of carbonyl (C=O) groups excluding carboxylic acids is 1. The van der Waals surface area contributed by atoms with Gasteiger partial charge < -0.3 is 10.6 Å². The highest BCUT2D eigenvalue weighted by molar-refractivity contribution is 5.80. The minimum absolute atomic E-state index is 0.0291. The van der Waals surface area contributed by atoms with Gasteiger partial charge in [-0.05, 0) is 39.2 Å². The number of nitrogens with one attached hydrogen (secondary N) is 1. The maximum absolute atomic E-state index is 12.0. The van der Waals surface area contributed by atoms with E-state index < -0.39 is 0 Å². The number of aryl methyl sites for hydroxylation is 1. The van der Waals surface area contributed by atoms with Gasteiger partial charge in [0.2, 0.25) is 0 Å². The molecule has 0 aromatic heterocycles. The van der Waals surface area contributed by atoms with Crippen LogP contribution in [0.2, 0.25) is 0 Å². The van der Waals surface area contributed by atoms with Gasteiger partial charge in [0, 0.05) is 18.0 Å². The van der Waals surface area contributed by atoms with Crippen LogP contribution in [-0.2, 0) is 11.2 Å². The summed E-state index contributed by atoms with van der Waals surface area (Å²) in [5.74, 6) is 0.137. The first-order valence-corrected chi connectivity index (χ1v) is 7.31. The van der Waals surface area contributed by atoms with Gasteiger partial charge in [-0.3, -0.25) is 4.79 Å². The van der Waals surface area contributed by atoms with E-state index in [9.17, 15) is 4.79 Å². The Morgan fingerprint density at radius 2 is 2.05 bits per heavy atom. The molecule has 2 atom stereocenters. The second kappa shape index (κ2) is 6.20. The molecule has 3 N–H and O–H groups in total. The minimum atomic E-state index is -0.0291. The van der Waals surface area contributed by atoms with E-state index in [-0.39, 0.29) is 18.0 Å². The van der Waals surface area contributed by atoms with Crippen LogP contribution in [0, 0.1) is 0 Å². The first-order chi connectivity index (χ1) is 9.08. The normalized spacial score (nSPS) is 19.9. The third kappa shape index (κ3) is 3.57. The van der Waals surface area contributed by atoms with Gasteiger partial charge in [-0.1, -0.05) is 24.3 Å². The standard InChI is InChI=1S/C16H24N2O/c1-11(2)17-16(19)12(3)18-15-10-6-8-13-7-4-5-9-14(13)15/h4-5,7,9,11-12,15,18H,6,8,10H2,1-3H3,(H,17,19)/p+1/t12-,15+/m1/s1. The van der Waals surface area contributed by atoms with Crippen molar-refractivity contribution in [2.24, 2.45) is 0 Å². The zero-order chi connectivity index (χ0) is 13.8. The fourth-order valence-corrected chi connectivity index (χ4v) is 2.84. The van der Waals surface area contributed by atoms with Crippen molar-refractivity contribution in [3.8, 4) is 0 Å². The van der Waals surface area contributed by atoms with Crippen LogP contribution in [0.15, 0.2) is 24.3 Å². The molecule has 0 heterocycles. The van der Waals surface area contributed by atoms with Crippen molar-refractivity contribution >= 4 is 5.91 Å². The maximum Gasteiger partial charge on any atom is 0.278 e. The Balaban J connectivity index is 2.02. The van der Waals surface area contributed by atoms with Crippen LogP contribution in [0.3, 0.4) is 0 Å². The smallest absolute Gasteiger partial charge is 0.278 e. The molecule has 0 fully saturated rings. The third-order valence-corrected chi connectivity index (χ3v) is 3.78. The van der Waals surface area contributed by atoms with Crippen LogP contribution in [-0.4, -0.2) is 18.0 Å². The lowest BCUT2D eigenvalue weighted by molar-refractivity contribution is -0.714. The SMILES string of the molecule is CC(C)NC(=O)[C@@H](C)[NH2+][C@H]1CCCc2ccccc21. The van der Waals surface area contributed by atoms with Gasteiger partial charge in [0.1, 0.15) is 6.04 Å². The van der Waals surface area contributed by atoms with E-state index in [0.29, 0.717) is 6.04 Å². The molecule has 0 saturated carbocycles. The molecule has 0 saturated heterocycles. The summed E-state index contributed by atoms with van der Waals surface area (Å²) in [5, 5.41) is 5.20. The molecular formula is C16H25N2O+. The number of nitrogens with two attached hydrogens (primary N) is 1. The fraction of sp³-hybridized carbons (Fsp3) is 0.562. The second-order valence-electron chi connectivity index (χ2n) is 5.84. The predicted octanol–water partition coefficient (Wildman–Crippen LogP) is 1.54. The number of carbonyl (C=O) groups is 1. The van der Waals surface area contributed by atoms with E-state index in [2.05, 4.69) is 34.9 Å². The molecule has 0 unspecified atom stereocenters. The molecule has 1 aliphatic carbocycles. The first kappa shape index (κ1) is 14.1. The van der Waals surface area contributed by atoms with Gasteiger partial charge >= 0.3 is 0 Å². The van der Waals surface area contributed by atoms with E-state index in [0.717, 1.165) is 6.42 Å². The summed E-state index contributed by atoms with van der Waals surface area (Å²) in [4.78, 5) is 12.0. The van der Waals surface area contributed by atoms with Crippen molar-refractivity contribution in [2.45, 2.75) is 58.2 Å². The molecule has 1 aromatic rings. The Hall–Kier alpha value is -1.35.